The molecule has 1 saturated carbocycles. The van der Waals surface area contributed by atoms with E-state index in [1.807, 2.05) is 26.8 Å². The third-order valence-corrected chi connectivity index (χ3v) is 6.19. The Morgan fingerprint density at radius 3 is 2.53 bits per heavy atom. The quantitative estimate of drug-likeness (QED) is 0.464. The summed E-state index contributed by atoms with van der Waals surface area (Å²) in [6.45, 7) is 6.08. The van der Waals surface area contributed by atoms with Gasteiger partial charge in [-0.3, -0.25) is 9.59 Å². The van der Waals surface area contributed by atoms with Gasteiger partial charge in [-0.05, 0) is 57.4 Å². The SMILES string of the molecule is COCC(C)n1c(C)cc(C(=O)COC(=O)C2(c3cccc(F)c3)CCCC2)c1C. The Bertz CT molecular complexity index is 927. The number of hydrogen-bond acceptors (Lipinski definition) is 4. The maximum atomic E-state index is 13.8. The van der Waals surface area contributed by atoms with Gasteiger partial charge in [-0.1, -0.05) is 25.0 Å². The Kier molecular flexibility index (Phi) is 6.76. The van der Waals surface area contributed by atoms with Gasteiger partial charge in [0.2, 0.25) is 5.78 Å². The van der Waals surface area contributed by atoms with Crippen LogP contribution >= 0.6 is 0 Å². The number of aryl methyl sites for hydroxylation is 1. The summed E-state index contributed by atoms with van der Waals surface area (Å²) in [7, 11) is 1.65. The van der Waals surface area contributed by atoms with E-state index in [9.17, 15) is 14.0 Å². The maximum Gasteiger partial charge on any atom is 0.317 e. The molecule has 1 aliphatic carbocycles. The normalized spacial score (nSPS) is 16.4. The lowest BCUT2D eigenvalue weighted by atomic mass is 9.79. The van der Waals surface area contributed by atoms with Crippen LogP contribution in [0, 0.1) is 19.7 Å². The van der Waals surface area contributed by atoms with Crippen molar-refractivity contribution in [3.05, 3.63) is 58.7 Å². The fraction of sp³-hybridized carbons (Fsp3) is 0.500. The molecule has 0 aliphatic heterocycles. The molecule has 1 aliphatic rings. The first-order valence-corrected chi connectivity index (χ1v) is 10.4. The molecule has 0 spiro atoms. The van der Waals surface area contributed by atoms with Gasteiger partial charge in [0.05, 0.1) is 18.1 Å². The number of methoxy groups -OCH3 is 1. The van der Waals surface area contributed by atoms with Crippen molar-refractivity contribution in [2.45, 2.75) is 57.9 Å². The van der Waals surface area contributed by atoms with Gasteiger partial charge in [-0.2, -0.15) is 0 Å². The molecular weight excluding hydrogens is 385 g/mol. The average molecular weight is 416 g/mol. The van der Waals surface area contributed by atoms with Crippen LogP contribution in [0.1, 0.15) is 66.0 Å². The highest BCUT2D eigenvalue weighted by atomic mass is 19.1. The molecule has 3 rings (SSSR count). The molecule has 1 aromatic heterocycles. The van der Waals surface area contributed by atoms with Crippen LogP contribution in [0.25, 0.3) is 0 Å². The number of rotatable bonds is 8. The lowest BCUT2D eigenvalue weighted by Gasteiger charge is -2.27. The molecule has 1 fully saturated rings. The standard InChI is InChI=1S/C24H30FNO4/c1-16-12-21(18(3)26(16)17(2)14-29-4)22(27)15-30-23(28)24(10-5-6-11-24)19-8-7-9-20(25)13-19/h7-9,12-13,17H,5-6,10-11,14-15H2,1-4H3. The van der Waals surface area contributed by atoms with Gasteiger partial charge in [0.25, 0.3) is 0 Å². The first kappa shape index (κ1) is 22.2. The number of carbonyl (C=O) groups is 2. The van der Waals surface area contributed by atoms with Crippen molar-refractivity contribution in [3.8, 4) is 0 Å². The van der Waals surface area contributed by atoms with E-state index in [1.165, 1.54) is 12.1 Å². The van der Waals surface area contributed by atoms with Crippen LogP contribution in [0.5, 0.6) is 0 Å². The minimum absolute atomic E-state index is 0.0915. The number of Topliss-reactive ketones (excluding diaryl/α,β-unsaturated/α-hetero) is 1. The average Bonchev–Trinajstić information content (AvgIpc) is 3.32. The van der Waals surface area contributed by atoms with Gasteiger partial charge in [0.1, 0.15) is 5.82 Å². The smallest absolute Gasteiger partial charge is 0.317 e. The fourth-order valence-electron chi connectivity index (χ4n) is 4.78. The second-order valence-corrected chi connectivity index (χ2v) is 8.26. The molecule has 2 aromatic rings. The van der Waals surface area contributed by atoms with Gasteiger partial charge in [0, 0.05) is 24.1 Å². The summed E-state index contributed by atoms with van der Waals surface area (Å²) in [4.78, 5) is 25.9. The predicted octanol–water partition coefficient (Wildman–Crippen LogP) is 4.69. The summed E-state index contributed by atoms with van der Waals surface area (Å²) in [5, 5.41) is 0. The van der Waals surface area contributed by atoms with Crippen LogP contribution in [0.4, 0.5) is 4.39 Å². The number of esters is 1. The molecule has 0 saturated heterocycles. The molecule has 5 nitrogen and oxygen atoms in total. The summed E-state index contributed by atoms with van der Waals surface area (Å²) in [6, 6.07) is 8.06. The second-order valence-electron chi connectivity index (χ2n) is 8.26. The molecule has 30 heavy (non-hydrogen) atoms. The number of ether oxygens (including phenoxy) is 2. The highest BCUT2D eigenvalue weighted by Gasteiger charge is 2.44. The zero-order chi connectivity index (χ0) is 21.9. The Morgan fingerprint density at radius 1 is 1.20 bits per heavy atom. The number of hydrogen-bond donors (Lipinski definition) is 0. The molecule has 0 amide bonds. The van der Waals surface area contributed by atoms with E-state index in [4.69, 9.17) is 9.47 Å². The lowest BCUT2D eigenvalue weighted by molar-refractivity contribution is -0.149. The van der Waals surface area contributed by atoms with Crippen molar-refractivity contribution in [1.29, 1.82) is 0 Å². The van der Waals surface area contributed by atoms with E-state index in [2.05, 4.69) is 4.57 Å². The molecule has 1 aromatic carbocycles. The van der Waals surface area contributed by atoms with Gasteiger partial charge >= 0.3 is 5.97 Å². The zero-order valence-corrected chi connectivity index (χ0v) is 18.2. The van der Waals surface area contributed by atoms with Crippen LogP contribution in [-0.4, -0.2) is 36.6 Å². The molecule has 0 radical (unpaired) electrons. The van der Waals surface area contributed by atoms with E-state index in [0.29, 0.717) is 30.6 Å². The number of halogens is 1. The summed E-state index contributed by atoms with van der Waals surface area (Å²) in [5.74, 6) is -1.06. The summed E-state index contributed by atoms with van der Waals surface area (Å²) < 4.78 is 26.6. The van der Waals surface area contributed by atoms with E-state index < -0.39 is 11.4 Å². The molecular formula is C24H30FNO4. The highest BCUT2D eigenvalue weighted by Crippen LogP contribution is 2.42. The van der Waals surface area contributed by atoms with E-state index in [1.54, 1.807) is 19.2 Å². The largest absolute Gasteiger partial charge is 0.457 e. The van der Waals surface area contributed by atoms with Crippen LogP contribution < -0.4 is 0 Å². The summed E-state index contributed by atoms with van der Waals surface area (Å²) >= 11 is 0. The number of nitrogens with zero attached hydrogens (tertiary/aromatic N) is 1. The van der Waals surface area contributed by atoms with E-state index in [0.717, 1.165) is 24.2 Å². The van der Waals surface area contributed by atoms with Crippen LogP contribution in [0.3, 0.4) is 0 Å². The van der Waals surface area contributed by atoms with Gasteiger partial charge in [0.15, 0.2) is 6.61 Å². The van der Waals surface area contributed by atoms with E-state index >= 15 is 0 Å². The zero-order valence-electron chi connectivity index (χ0n) is 18.2. The Labute approximate surface area is 177 Å². The van der Waals surface area contributed by atoms with Gasteiger partial charge in [-0.15, -0.1) is 0 Å². The molecule has 6 heteroatoms. The minimum Gasteiger partial charge on any atom is -0.457 e. The Morgan fingerprint density at radius 2 is 1.90 bits per heavy atom. The summed E-state index contributed by atoms with van der Waals surface area (Å²) in [5.41, 5.74) is 2.10. The highest BCUT2D eigenvalue weighted by molar-refractivity contribution is 5.99. The predicted molar refractivity (Wildman–Crippen MR) is 112 cm³/mol. The number of carbonyl (C=O) groups excluding carboxylic acids is 2. The van der Waals surface area contributed by atoms with Crippen molar-refractivity contribution >= 4 is 11.8 Å². The first-order valence-electron chi connectivity index (χ1n) is 10.4. The van der Waals surface area contributed by atoms with Crippen LogP contribution in [0.2, 0.25) is 0 Å². The molecule has 0 bridgehead atoms. The van der Waals surface area contributed by atoms with E-state index in [-0.39, 0.29) is 24.2 Å². The van der Waals surface area contributed by atoms with Crippen LogP contribution in [0.15, 0.2) is 30.3 Å². The Hall–Kier alpha value is -2.47. The number of aromatic nitrogens is 1. The summed E-state index contributed by atoms with van der Waals surface area (Å²) in [6.07, 6.45) is 2.95. The fourth-order valence-corrected chi connectivity index (χ4v) is 4.78. The van der Waals surface area contributed by atoms with Gasteiger partial charge < -0.3 is 14.0 Å². The van der Waals surface area contributed by atoms with Crippen molar-refractivity contribution < 1.29 is 23.5 Å². The topological polar surface area (TPSA) is 57.5 Å². The number of ketones is 1. The first-order chi connectivity index (χ1) is 14.3. The second kappa shape index (κ2) is 9.13. The minimum atomic E-state index is -0.869. The molecule has 162 valence electrons. The third kappa shape index (κ3) is 4.19. The molecule has 1 unspecified atom stereocenters. The van der Waals surface area contributed by atoms with Crippen molar-refractivity contribution in [3.63, 3.8) is 0 Å². The van der Waals surface area contributed by atoms with Crippen molar-refractivity contribution in [1.82, 2.24) is 4.57 Å². The molecule has 1 heterocycles. The Balaban J connectivity index is 1.75. The van der Waals surface area contributed by atoms with Crippen molar-refractivity contribution in [2.75, 3.05) is 20.3 Å². The third-order valence-electron chi connectivity index (χ3n) is 6.19. The molecule has 1 atom stereocenters. The maximum absolute atomic E-state index is 13.8. The van der Waals surface area contributed by atoms with Crippen molar-refractivity contribution in [2.24, 2.45) is 0 Å². The van der Waals surface area contributed by atoms with Gasteiger partial charge in [-0.25, -0.2) is 4.39 Å². The lowest BCUT2D eigenvalue weighted by Crippen LogP contribution is -2.36. The monoisotopic (exact) mass is 415 g/mol. The van der Waals surface area contributed by atoms with Crippen LogP contribution in [-0.2, 0) is 19.7 Å². The number of benzene rings is 1. The molecule has 0 N–H and O–H groups in total.